The molecule has 4 N–H and O–H groups in total. The van der Waals surface area contributed by atoms with Crippen molar-refractivity contribution in [2.24, 2.45) is 5.41 Å². The number of phenolic OH excluding ortho intramolecular Hbond substituents is 3. The molecule has 5 nitrogen and oxygen atoms in total. The fraction of sp³-hybridized carbons (Fsp3) is 0.571. The van der Waals surface area contributed by atoms with Gasteiger partial charge in [0, 0.05) is 30.7 Å². The molecule has 0 amide bonds. The van der Waals surface area contributed by atoms with Crippen LogP contribution in [0.2, 0.25) is 0 Å². The molecule has 5 heteroatoms. The van der Waals surface area contributed by atoms with Crippen molar-refractivity contribution in [1.82, 2.24) is 5.32 Å². The van der Waals surface area contributed by atoms with E-state index in [1.165, 1.54) is 6.07 Å². The van der Waals surface area contributed by atoms with E-state index in [4.69, 9.17) is 4.74 Å². The van der Waals surface area contributed by atoms with Gasteiger partial charge in [0.25, 0.3) is 0 Å². The highest BCUT2D eigenvalue weighted by atomic mass is 16.5. The average molecular weight is 267 g/mol. The SMILES string of the molecule is COC1CC(NCc2ccc(O)c(O)c2O)C1(C)C. The largest absolute Gasteiger partial charge is 0.504 e. The summed E-state index contributed by atoms with van der Waals surface area (Å²) in [6.45, 7) is 4.71. The second-order valence-corrected chi connectivity index (χ2v) is 5.66. The van der Waals surface area contributed by atoms with Crippen LogP contribution in [0, 0.1) is 5.41 Å². The van der Waals surface area contributed by atoms with Gasteiger partial charge in [0.1, 0.15) is 0 Å². The van der Waals surface area contributed by atoms with Crippen molar-refractivity contribution in [1.29, 1.82) is 0 Å². The Kier molecular flexibility index (Phi) is 3.60. The summed E-state index contributed by atoms with van der Waals surface area (Å²) in [4.78, 5) is 0. The van der Waals surface area contributed by atoms with Crippen molar-refractivity contribution < 1.29 is 20.1 Å². The lowest BCUT2D eigenvalue weighted by Gasteiger charge is -2.51. The van der Waals surface area contributed by atoms with E-state index in [0.717, 1.165) is 6.42 Å². The van der Waals surface area contributed by atoms with Crippen LogP contribution < -0.4 is 5.32 Å². The second-order valence-electron chi connectivity index (χ2n) is 5.66. The molecule has 0 aliphatic heterocycles. The van der Waals surface area contributed by atoms with E-state index < -0.39 is 5.75 Å². The minimum absolute atomic E-state index is 0.0450. The highest BCUT2D eigenvalue weighted by Gasteiger charge is 2.48. The molecule has 1 aromatic carbocycles. The molecule has 19 heavy (non-hydrogen) atoms. The molecule has 1 aliphatic carbocycles. The first-order valence-electron chi connectivity index (χ1n) is 6.37. The van der Waals surface area contributed by atoms with Gasteiger partial charge in [0.2, 0.25) is 5.75 Å². The number of methoxy groups -OCH3 is 1. The predicted molar refractivity (Wildman–Crippen MR) is 71.3 cm³/mol. The number of nitrogens with one attached hydrogen (secondary N) is 1. The first-order valence-corrected chi connectivity index (χ1v) is 6.37. The van der Waals surface area contributed by atoms with Crippen LogP contribution in [0.5, 0.6) is 17.2 Å². The molecule has 1 aliphatic rings. The smallest absolute Gasteiger partial charge is 0.200 e. The zero-order chi connectivity index (χ0) is 14.2. The van der Waals surface area contributed by atoms with E-state index >= 15 is 0 Å². The van der Waals surface area contributed by atoms with Gasteiger partial charge in [-0.15, -0.1) is 0 Å². The molecule has 2 atom stereocenters. The predicted octanol–water partition coefficient (Wildman–Crippen LogP) is 1.71. The van der Waals surface area contributed by atoms with Gasteiger partial charge < -0.3 is 25.4 Å². The monoisotopic (exact) mass is 267 g/mol. The zero-order valence-electron chi connectivity index (χ0n) is 11.5. The van der Waals surface area contributed by atoms with Crippen LogP contribution in [-0.2, 0) is 11.3 Å². The van der Waals surface area contributed by atoms with Gasteiger partial charge in [-0.1, -0.05) is 19.9 Å². The summed E-state index contributed by atoms with van der Waals surface area (Å²) in [7, 11) is 1.71. The van der Waals surface area contributed by atoms with Gasteiger partial charge in [-0.25, -0.2) is 0 Å². The fourth-order valence-corrected chi connectivity index (χ4v) is 2.62. The third-order valence-electron chi connectivity index (χ3n) is 4.21. The van der Waals surface area contributed by atoms with Crippen LogP contribution in [0.25, 0.3) is 0 Å². The molecule has 0 bridgehead atoms. The van der Waals surface area contributed by atoms with Gasteiger partial charge in [-0.3, -0.25) is 0 Å². The zero-order valence-corrected chi connectivity index (χ0v) is 11.5. The number of aromatic hydroxyl groups is 3. The minimum Gasteiger partial charge on any atom is -0.504 e. The van der Waals surface area contributed by atoms with E-state index in [0.29, 0.717) is 18.2 Å². The topological polar surface area (TPSA) is 82.0 Å². The van der Waals surface area contributed by atoms with E-state index in [2.05, 4.69) is 19.2 Å². The molecular formula is C14H21NO4. The first-order chi connectivity index (χ1) is 8.87. The molecule has 0 spiro atoms. The van der Waals surface area contributed by atoms with Gasteiger partial charge in [0.05, 0.1) is 6.10 Å². The standard InChI is InChI=1S/C14H21NO4/c1-14(2)10(6-11(14)19-3)15-7-8-4-5-9(16)13(18)12(8)17/h4-5,10-11,15-18H,6-7H2,1-3H3. The van der Waals surface area contributed by atoms with Crippen molar-refractivity contribution >= 4 is 0 Å². The second kappa shape index (κ2) is 4.90. The lowest BCUT2D eigenvalue weighted by atomic mass is 9.64. The van der Waals surface area contributed by atoms with Crippen LogP contribution >= 0.6 is 0 Å². The fourth-order valence-electron chi connectivity index (χ4n) is 2.62. The van der Waals surface area contributed by atoms with E-state index in [-0.39, 0.29) is 23.0 Å². The number of phenols is 3. The number of benzene rings is 1. The molecule has 2 unspecified atom stereocenters. The van der Waals surface area contributed by atoms with Crippen molar-refractivity contribution in [2.45, 2.75) is 39.0 Å². The molecule has 1 aromatic rings. The van der Waals surface area contributed by atoms with Crippen LogP contribution in [0.4, 0.5) is 0 Å². The average Bonchev–Trinajstić information content (AvgIpc) is 2.37. The van der Waals surface area contributed by atoms with Crippen molar-refractivity contribution in [3.8, 4) is 17.2 Å². The van der Waals surface area contributed by atoms with Gasteiger partial charge in [0.15, 0.2) is 11.5 Å². The summed E-state index contributed by atoms with van der Waals surface area (Å²) in [5, 5.41) is 31.8. The highest BCUT2D eigenvalue weighted by molar-refractivity contribution is 5.53. The Labute approximate surface area is 112 Å². The molecule has 0 saturated heterocycles. The van der Waals surface area contributed by atoms with Crippen LogP contribution in [-0.4, -0.2) is 34.6 Å². The van der Waals surface area contributed by atoms with E-state index in [9.17, 15) is 15.3 Å². The molecular weight excluding hydrogens is 246 g/mol. The Balaban J connectivity index is 1.99. The molecule has 106 valence electrons. The van der Waals surface area contributed by atoms with Crippen molar-refractivity contribution in [3.63, 3.8) is 0 Å². The molecule has 1 saturated carbocycles. The van der Waals surface area contributed by atoms with Gasteiger partial charge >= 0.3 is 0 Å². The Morgan fingerprint density at radius 3 is 2.53 bits per heavy atom. The molecule has 2 rings (SSSR count). The Hall–Kier alpha value is -1.46. The minimum atomic E-state index is -0.470. The normalized spacial score (nSPS) is 25.0. The van der Waals surface area contributed by atoms with Gasteiger partial charge in [-0.05, 0) is 12.5 Å². The maximum atomic E-state index is 9.74. The molecule has 0 aromatic heterocycles. The first kappa shape index (κ1) is 14.0. The van der Waals surface area contributed by atoms with Crippen LogP contribution in [0.1, 0.15) is 25.8 Å². The van der Waals surface area contributed by atoms with Gasteiger partial charge in [-0.2, -0.15) is 0 Å². The lowest BCUT2D eigenvalue weighted by molar-refractivity contribution is -0.0979. The maximum Gasteiger partial charge on any atom is 0.200 e. The third-order valence-corrected chi connectivity index (χ3v) is 4.21. The Morgan fingerprint density at radius 2 is 1.95 bits per heavy atom. The molecule has 1 fully saturated rings. The summed E-state index contributed by atoms with van der Waals surface area (Å²) in [6.07, 6.45) is 1.17. The summed E-state index contributed by atoms with van der Waals surface area (Å²) >= 11 is 0. The summed E-state index contributed by atoms with van der Waals surface area (Å²) in [5.74, 6) is -1.06. The van der Waals surface area contributed by atoms with Crippen LogP contribution in [0.3, 0.4) is 0 Å². The summed E-state index contributed by atoms with van der Waals surface area (Å²) < 4.78 is 5.38. The van der Waals surface area contributed by atoms with Crippen molar-refractivity contribution in [3.05, 3.63) is 17.7 Å². The summed E-state index contributed by atoms with van der Waals surface area (Å²) in [6, 6.07) is 3.26. The highest BCUT2D eigenvalue weighted by Crippen LogP contribution is 2.43. The van der Waals surface area contributed by atoms with E-state index in [1.54, 1.807) is 13.2 Å². The molecule has 0 radical (unpaired) electrons. The third kappa shape index (κ3) is 2.35. The van der Waals surface area contributed by atoms with Crippen LogP contribution in [0.15, 0.2) is 12.1 Å². The summed E-state index contributed by atoms with van der Waals surface area (Å²) in [5.41, 5.74) is 0.607. The number of hydrogen-bond acceptors (Lipinski definition) is 5. The number of hydrogen-bond donors (Lipinski definition) is 4. The van der Waals surface area contributed by atoms with Crippen molar-refractivity contribution in [2.75, 3.05) is 7.11 Å². The lowest BCUT2D eigenvalue weighted by Crippen LogP contribution is -2.60. The quantitative estimate of drug-likeness (QED) is 0.624. The molecule has 0 heterocycles. The Bertz CT molecular complexity index is 473. The van der Waals surface area contributed by atoms with E-state index in [1.807, 2.05) is 0 Å². The Morgan fingerprint density at radius 1 is 1.26 bits per heavy atom. The maximum absolute atomic E-state index is 9.74. The number of ether oxygens (including phenoxy) is 1. The number of rotatable bonds is 4.